The van der Waals surface area contributed by atoms with E-state index in [0.717, 1.165) is 42.9 Å². The molecule has 0 saturated carbocycles. The van der Waals surface area contributed by atoms with Crippen LogP contribution >= 0.6 is 0 Å². The second-order valence-corrected chi connectivity index (χ2v) is 5.32. The number of hydrogen-bond acceptors (Lipinski definition) is 3. The van der Waals surface area contributed by atoms with Crippen LogP contribution in [0.4, 0.5) is 11.5 Å². The van der Waals surface area contributed by atoms with Crippen LogP contribution in [0.25, 0.3) is 0 Å². The number of aryl methyl sites for hydroxylation is 1. The smallest absolute Gasteiger partial charge is 0.247 e. The molecule has 1 aromatic rings. The lowest BCUT2D eigenvalue weighted by Crippen LogP contribution is -2.53. The van der Waals surface area contributed by atoms with Crippen LogP contribution in [0, 0.1) is 12.8 Å². The van der Waals surface area contributed by atoms with E-state index >= 15 is 0 Å². The van der Waals surface area contributed by atoms with Crippen molar-refractivity contribution in [2.45, 2.75) is 39.2 Å². The third kappa shape index (κ3) is 1.67. The molecule has 0 spiro atoms. The van der Waals surface area contributed by atoms with Gasteiger partial charge in [-0.2, -0.15) is 0 Å². The molecule has 0 aliphatic carbocycles. The number of amides is 1. The van der Waals surface area contributed by atoms with E-state index in [9.17, 15) is 4.79 Å². The summed E-state index contributed by atoms with van der Waals surface area (Å²) in [6.45, 7) is 5.16. The molecule has 1 aromatic heterocycles. The first-order chi connectivity index (χ1) is 8.70. The monoisotopic (exact) mass is 245 g/mol. The molecule has 4 nitrogen and oxygen atoms in total. The Bertz CT molecular complexity index is 486. The lowest BCUT2D eigenvalue weighted by Gasteiger charge is -2.43. The molecule has 96 valence electrons. The third-order valence-corrected chi connectivity index (χ3v) is 4.25. The van der Waals surface area contributed by atoms with Gasteiger partial charge in [0.05, 0.1) is 5.69 Å². The summed E-state index contributed by atoms with van der Waals surface area (Å²) in [5, 5.41) is 3.03. The van der Waals surface area contributed by atoms with Gasteiger partial charge in [0.15, 0.2) is 5.82 Å². The molecule has 2 atom stereocenters. The summed E-state index contributed by atoms with van der Waals surface area (Å²) in [7, 11) is 0. The molecule has 0 aromatic carbocycles. The van der Waals surface area contributed by atoms with E-state index in [1.165, 1.54) is 0 Å². The second kappa shape index (κ2) is 4.26. The number of piperidine rings is 1. The molecule has 1 fully saturated rings. The van der Waals surface area contributed by atoms with E-state index in [1.807, 2.05) is 19.2 Å². The van der Waals surface area contributed by atoms with Gasteiger partial charge in [-0.3, -0.25) is 4.79 Å². The summed E-state index contributed by atoms with van der Waals surface area (Å²) >= 11 is 0. The minimum absolute atomic E-state index is 0.0227. The topological polar surface area (TPSA) is 45.2 Å². The number of anilines is 2. The predicted octanol–water partition coefficient (Wildman–Crippen LogP) is 2.34. The fraction of sp³-hybridized carbons (Fsp3) is 0.571. The van der Waals surface area contributed by atoms with Gasteiger partial charge in [-0.05, 0) is 37.3 Å². The Kier molecular flexibility index (Phi) is 2.73. The van der Waals surface area contributed by atoms with Gasteiger partial charge in [0.2, 0.25) is 5.91 Å². The van der Waals surface area contributed by atoms with Crippen molar-refractivity contribution < 1.29 is 4.79 Å². The van der Waals surface area contributed by atoms with E-state index in [-0.39, 0.29) is 11.9 Å². The number of nitrogens with one attached hydrogen (secondary N) is 1. The standard InChI is InChI=1S/C14H19N3O/c1-3-10-5-7-17-11(8-10)14(18)16-12-9(2)4-6-15-13(12)17/h4,6,10-11H,3,5,7-8H2,1-2H3,(H,16,18). The fourth-order valence-corrected chi connectivity index (χ4v) is 3.03. The van der Waals surface area contributed by atoms with Crippen LogP contribution in [-0.4, -0.2) is 23.5 Å². The summed E-state index contributed by atoms with van der Waals surface area (Å²) in [5.74, 6) is 1.76. The average Bonchev–Trinajstić information content (AvgIpc) is 2.40. The van der Waals surface area contributed by atoms with Gasteiger partial charge in [0.1, 0.15) is 6.04 Å². The lowest BCUT2D eigenvalue weighted by atomic mass is 9.87. The van der Waals surface area contributed by atoms with Gasteiger partial charge >= 0.3 is 0 Å². The molecule has 3 rings (SSSR count). The maximum Gasteiger partial charge on any atom is 0.247 e. The molecule has 18 heavy (non-hydrogen) atoms. The molecular weight excluding hydrogens is 226 g/mol. The summed E-state index contributed by atoms with van der Waals surface area (Å²) in [6.07, 6.45) is 5.10. The predicted molar refractivity (Wildman–Crippen MR) is 71.8 cm³/mol. The number of nitrogens with zero attached hydrogens (tertiary/aromatic N) is 2. The maximum atomic E-state index is 12.2. The number of rotatable bonds is 1. The van der Waals surface area contributed by atoms with Crippen LogP contribution in [0.15, 0.2) is 12.3 Å². The van der Waals surface area contributed by atoms with E-state index in [1.54, 1.807) is 0 Å². The quantitative estimate of drug-likeness (QED) is 0.826. The number of aromatic nitrogens is 1. The molecule has 4 heteroatoms. The molecule has 2 aliphatic rings. The van der Waals surface area contributed by atoms with Crippen LogP contribution < -0.4 is 10.2 Å². The molecule has 1 N–H and O–H groups in total. The molecule has 1 saturated heterocycles. The largest absolute Gasteiger partial charge is 0.343 e. The highest BCUT2D eigenvalue weighted by Gasteiger charge is 2.38. The Hall–Kier alpha value is -1.58. The molecule has 2 aliphatic heterocycles. The number of hydrogen-bond donors (Lipinski definition) is 1. The van der Waals surface area contributed by atoms with Gasteiger partial charge in [0, 0.05) is 12.7 Å². The van der Waals surface area contributed by atoms with Gasteiger partial charge in [-0.1, -0.05) is 13.3 Å². The highest BCUT2D eigenvalue weighted by atomic mass is 16.2. The van der Waals surface area contributed by atoms with Gasteiger partial charge in [0.25, 0.3) is 0 Å². The minimum Gasteiger partial charge on any atom is -0.343 e. The molecule has 0 bridgehead atoms. The molecular formula is C14H19N3O. The van der Waals surface area contributed by atoms with E-state index < -0.39 is 0 Å². The number of carbonyl (C=O) groups excluding carboxylic acids is 1. The lowest BCUT2D eigenvalue weighted by molar-refractivity contribution is -0.118. The van der Waals surface area contributed by atoms with Crippen molar-refractivity contribution in [3.8, 4) is 0 Å². The number of pyridine rings is 1. The first-order valence-electron chi connectivity index (χ1n) is 6.73. The first-order valence-corrected chi connectivity index (χ1v) is 6.73. The number of fused-ring (bicyclic) bond motifs is 3. The molecule has 1 amide bonds. The fourth-order valence-electron chi connectivity index (χ4n) is 3.03. The van der Waals surface area contributed by atoms with Crippen LogP contribution in [-0.2, 0) is 4.79 Å². The Morgan fingerprint density at radius 3 is 3.17 bits per heavy atom. The Balaban J connectivity index is 1.98. The highest BCUT2D eigenvalue weighted by molar-refractivity contribution is 6.03. The Labute approximate surface area is 107 Å². The summed E-state index contributed by atoms with van der Waals surface area (Å²) in [6, 6.07) is 1.92. The number of carbonyl (C=O) groups is 1. The van der Waals surface area contributed by atoms with Crippen molar-refractivity contribution in [1.82, 2.24) is 4.98 Å². The SMILES string of the molecule is CCC1CCN2c3nccc(C)c3NC(=O)C2C1. The summed E-state index contributed by atoms with van der Waals surface area (Å²) in [5.41, 5.74) is 1.98. The maximum absolute atomic E-state index is 12.2. The van der Waals surface area contributed by atoms with Crippen LogP contribution in [0.2, 0.25) is 0 Å². The van der Waals surface area contributed by atoms with Crippen molar-refractivity contribution in [1.29, 1.82) is 0 Å². The second-order valence-electron chi connectivity index (χ2n) is 5.32. The van der Waals surface area contributed by atoms with E-state index in [2.05, 4.69) is 22.1 Å². The van der Waals surface area contributed by atoms with E-state index in [0.29, 0.717) is 5.92 Å². The Morgan fingerprint density at radius 2 is 2.39 bits per heavy atom. The van der Waals surface area contributed by atoms with Crippen molar-refractivity contribution in [3.63, 3.8) is 0 Å². The molecule has 3 heterocycles. The van der Waals surface area contributed by atoms with Gasteiger partial charge < -0.3 is 10.2 Å². The highest BCUT2D eigenvalue weighted by Crippen LogP contribution is 2.37. The van der Waals surface area contributed by atoms with Crippen LogP contribution in [0.3, 0.4) is 0 Å². The van der Waals surface area contributed by atoms with Gasteiger partial charge in [-0.15, -0.1) is 0 Å². The zero-order valence-corrected chi connectivity index (χ0v) is 10.9. The zero-order chi connectivity index (χ0) is 12.7. The first kappa shape index (κ1) is 11.5. The van der Waals surface area contributed by atoms with Crippen molar-refractivity contribution >= 4 is 17.4 Å². The van der Waals surface area contributed by atoms with Crippen molar-refractivity contribution in [3.05, 3.63) is 17.8 Å². The van der Waals surface area contributed by atoms with Crippen molar-refractivity contribution in [2.75, 3.05) is 16.8 Å². The van der Waals surface area contributed by atoms with Crippen molar-refractivity contribution in [2.24, 2.45) is 5.92 Å². The van der Waals surface area contributed by atoms with Crippen LogP contribution in [0.1, 0.15) is 31.7 Å². The molecule has 0 radical (unpaired) electrons. The minimum atomic E-state index is -0.0227. The third-order valence-electron chi connectivity index (χ3n) is 4.25. The van der Waals surface area contributed by atoms with Crippen LogP contribution in [0.5, 0.6) is 0 Å². The average molecular weight is 245 g/mol. The van der Waals surface area contributed by atoms with E-state index in [4.69, 9.17) is 0 Å². The zero-order valence-electron chi connectivity index (χ0n) is 10.9. The summed E-state index contributed by atoms with van der Waals surface area (Å²) < 4.78 is 0. The summed E-state index contributed by atoms with van der Waals surface area (Å²) in [4.78, 5) is 18.9. The molecule has 2 unspecified atom stereocenters. The Morgan fingerprint density at radius 1 is 1.56 bits per heavy atom. The van der Waals surface area contributed by atoms with Gasteiger partial charge in [-0.25, -0.2) is 4.98 Å². The normalized spacial score (nSPS) is 26.3.